The third-order valence-corrected chi connectivity index (χ3v) is 3.60. The van der Waals surface area contributed by atoms with Gasteiger partial charge in [0.25, 0.3) is 0 Å². The van der Waals surface area contributed by atoms with Gasteiger partial charge in [0.2, 0.25) is 5.75 Å². The van der Waals surface area contributed by atoms with E-state index in [1.165, 1.54) is 0 Å². The second-order valence-electron chi connectivity index (χ2n) is 5.21. The number of hydrogen-bond acceptors (Lipinski definition) is 4. The molecule has 0 bridgehead atoms. The number of halogens is 1. The Hall–Kier alpha value is -1.38. The van der Waals surface area contributed by atoms with Crippen molar-refractivity contribution in [3.05, 3.63) is 17.7 Å². The van der Waals surface area contributed by atoms with Gasteiger partial charge in [-0.25, -0.2) is 0 Å². The van der Waals surface area contributed by atoms with Crippen LogP contribution >= 0.6 is 24.0 Å². The molecule has 0 spiro atoms. The molecular weight excluding hydrogens is 421 g/mol. The molecular formula is C17H30IN3O3. The molecule has 1 aromatic rings. The summed E-state index contributed by atoms with van der Waals surface area (Å²) in [5.41, 5.74) is 1.03. The molecule has 0 radical (unpaired) electrons. The Morgan fingerprint density at radius 2 is 1.71 bits per heavy atom. The molecule has 0 aliphatic heterocycles. The van der Waals surface area contributed by atoms with Crippen LogP contribution in [0.5, 0.6) is 17.2 Å². The van der Waals surface area contributed by atoms with Gasteiger partial charge in [-0.2, -0.15) is 0 Å². The van der Waals surface area contributed by atoms with E-state index in [2.05, 4.69) is 22.1 Å². The molecule has 7 heteroatoms. The van der Waals surface area contributed by atoms with Crippen LogP contribution in [0.2, 0.25) is 0 Å². The van der Waals surface area contributed by atoms with Crippen LogP contribution in [0.3, 0.4) is 0 Å². The van der Waals surface area contributed by atoms with E-state index >= 15 is 0 Å². The maximum absolute atomic E-state index is 5.38. The van der Waals surface area contributed by atoms with Crippen LogP contribution < -0.4 is 19.5 Å². The van der Waals surface area contributed by atoms with Gasteiger partial charge in [0.05, 0.1) is 21.3 Å². The molecule has 0 unspecified atom stereocenters. The van der Waals surface area contributed by atoms with Gasteiger partial charge >= 0.3 is 0 Å². The van der Waals surface area contributed by atoms with E-state index in [9.17, 15) is 0 Å². The quantitative estimate of drug-likeness (QED) is 0.374. The van der Waals surface area contributed by atoms with E-state index in [0.29, 0.717) is 23.8 Å². The van der Waals surface area contributed by atoms with E-state index in [4.69, 9.17) is 14.2 Å². The van der Waals surface area contributed by atoms with Crippen LogP contribution in [-0.2, 0) is 6.54 Å². The summed E-state index contributed by atoms with van der Waals surface area (Å²) >= 11 is 0. The number of ether oxygens (including phenoxy) is 3. The maximum atomic E-state index is 5.38. The molecule has 1 aromatic carbocycles. The van der Waals surface area contributed by atoms with Crippen LogP contribution in [0, 0.1) is 0 Å². The van der Waals surface area contributed by atoms with Gasteiger partial charge in [0.1, 0.15) is 0 Å². The maximum Gasteiger partial charge on any atom is 0.203 e. The number of benzene rings is 1. The van der Waals surface area contributed by atoms with E-state index in [-0.39, 0.29) is 24.0 Å². The van der Waals surface area contributed by atoms with Gasteiger partial charge in [-0.1, -0.05) is 13.3 Å². The van der Waals surface area contributed by atoms with Crippen LogP contribution in [0.15, 0.2) is 17.1 Å². The number of nitrogens with zero attached hydrogens (tertiary/aromatic N) is 2. The van der Waals surface area contributed by atoms with Gasteiger partial charge in [0.15, 0.2) is 17.5 Å². The summed E-state index contributed by atoms with van der Waals surface area (Å²) in [7, 11) is 8.67. The fourth-order valence-corrected chi connectivity index (χ4v) is 2.30. The number of guanidine groups is 1. The largest absolute Gasteiger partial charge is 0.493 e. The van der Waals surface area contributed by atoms with Crippen molar-refractivity contribution in [3.63, 3.8) is 0 Å². The lowest BCUT2D eigenvalue weighted by Gasteiger charge is -2.22. The average molecular weight is 451 g/mol. The lowest BCUT2D eigenvalue weighted by Crippen LogP contribution is -2.38. The minimum atomic E-state index is 0. The highest BCUT2D eigenvalue weighted by Gasteiger charge is 2.13. The predicted octanol–water partition coefficient (Wildman–Crippen LogP) is 3.14. The Bertz CT molecular complexity index is 499. The second kappa shape index (κ2) is 12.0. The first-order chi connectivity index (χ1) is 11.1. The van der Waals surface area contributed by atoms with E-state index in [1.54, 1.807) is 28.4 Å². The Balaban J connectivity index is 0.00000529. The zero-order valence-electron chi connectivity index (χ0n) is 15.5. The molecule has 0 saturated carbocycles. The molecule has 0 amide bonds. The molecule has 24 heavy (non-hydrogen) atoms. The third kappa shape index (κ3) is 6.26. The van der Waals surface area contributed by atoms with E-state index < -0.39 is 0 Å². The van der Waals surface area contributed by atoms with E-state index in [0.717, 1.165) is 30.9 Å². The Morgan fingerprint density at radius 1 is 1.12 bits per heavy atom. The van der Waals surface area contributed by atoms with Crippen molar-refractivity contribution in [1.82, 2.24) is 10.2 Å². The number of rotatable bonds is 8. The predicted molar refractivity (Wildman–Crippen MR) is 109 cm³/mol. The molecule has 0 saturated heterocycles. The number of methoxy groups -OCH3 is 3. The topological polar surface area (TPSA) is 55.3 Å². The van der Waals surface area contributed by atoms with Gasteiger partial charge in [-0.3, -0.25) is 4.99 Å². The summed E-state index contributed by atoms with van der Waals surface area (Å²) in [5.74, 6) is 2.77. The minimum Gasteiger partial charge on any atom is -0.493 e. The highest BCUT2D eigenvalue weighted by Crippen LogP contribution is 2.38. The van der Waals surface area contributed by atoms with Crippen molar-refractivity contribution in [2.45, 2.75) is 26.3 Å². The lowest BCUT2D eigenvalue weighted by molar-refractivity contribution is 0.323. The average Bonchev–Trinajstić information content (AvgIpc) is 2.59. The second-order valence-corrected chi connectivity index (χ2v) is 5.21. The normalized spacial score (nSPS) is 10.7. The van der Waals surface area contributed by atoms with E-state index in [1.807, 2.05) is 19.2 Å². The summed E-state index contributed by atoms with van der Waals surface area (Å²) in [5, 5.41) is 3.36. The first-order valence-corrected chi connectivity index (χ1v) is 7.81. The van der Waals surface area contributed by atoms with Crippen LogP contribution in [0.25, 0.3) is 0 Å². The zero-order chi connectivity index (χ0) is 17.2. The summed E-state index contributed by atoms with van der Waals surface area (Å²) < 4.78 is 16.1. The van der Waals surface area contributed by atoms with Crippen molar-refractivity contribution in [2.75, 3.05) is 42.0 Å². The number of nitrogens with one attached hydrogen (secondary N) is 1. The van der Waals surface area contributed by atoms with Crippen molar-refractivity contribution < 1.29 is 14.2 Å². The zero-order valence-corrected chi connectivity index (χ0v) is 17.8. The van der Waals surface area contributed by atoms with Gasteiger partial charge < -0.3 is 24.4 Å². The Kier molecular flexibility index (Phi) is 11.4. The number of unbranched alkanes of at least 4 members (excludes halogenated alkanes) is 1. The van der Waals surface area contributed by atoms with Crippen molar-refractivity contribution >= 4 is 29.9 Å². The highest BCUT2D eigenvalue weighted by molar-refractivity contribution is 14.0. The molecule has 0 atom stereocenters. The Labute approximate surface area is 162 Å². The van der Waals surface area contributed by atoms with Gasteiger partial charge in [0, 0.05) is 27.2 Å². The van der Waals surface area contributed by atoms with Gasteiger partial charge in [-0.15, -0.1) is 24.0 Å². The van der Waals surface area contributed by atoms with Gasteiger partial charge in [-0.05, 0) is 24.1 Å². The first-order valence-electron chi connectivity index (χ1n) is 7.81. The van der Waals surface area contributed by atoms with Crippen LogP contribution in [0.1, 0.15) is 25.3 Å². The highest BCUT2D eigenvalue weighted by atomic mass is 127. The molecule has 0 aromatic heterocycles. The van der Waals surface area contributed by atoms with Crippen LogP contribution in [0.4, 0.5) is 0 Å². The molecule has 0 heterocycles. The minimum absolute atomic E-state index is 0. The molecule has 1 rings (SSSR count). The summed E-state index contributed by atoms with van der Waals surface area (Å²) in [6.07, 6.45) is 2.30. The lowest BCUT2D eigenvalue weighted by atomic mass is 10.2. The monoisotopic (exact) mass is 451 g/mol. The van der Waals surface area contributed by atoms with Crippen molar-refractivity contribution in [3.8, 4) is 17.2 Å². The molecule has 0 fully saturated rings. The summed E-state index contributed by atoms with van der Waals surface area (Å²) in [6.45, 7) is 3.78. The molecule has 6 nitrogen and oxygen atoms in total. The standard InChI is InChI=1S/C17H29N3O3.HI/c1-7-8-9-20(3)17(18-2)19-12-13-10-14(21-4)16(23-6)15(11-13)22-5;/h10-11H,7-9,12H2,1-6H3,(H,18,19);1H. The Morgan fingerprint density at radius 3 is 2.12 bits per heavy atom. The van der Waals surface area contributed by atoms with Crippen molar-refractivity contribution in [2.24, 2.45) is 4.99 Å². The molecule has 0 aliphatic carbocycles. The first kappa shape index (κ1) is 22.6. The summed E-state index contributed by atoms with van der Waals surface area (Å²) in [4.78, 5) is 6.45. The van der Waals surface area contributed by atoms with Crippen LogP contribution in [-0.4, -0.2) is 52.8 Å². The third-order valence-electron chi connectivity index (χ3n) is 3.60. The molecule has 1 N–H and O–H groups in total. The SMILES string of the molecule is CCCCN(C)C(=NC)NCc1cc(OC)c(OC)c(OC)c1.I. The molecule has 0 aliphatic rings. The fraction of sp³-hybridized carbons (Fsp3) is 0.588. The molecule has 138 valence electrons. The fourth-order valence-electron chi connectivity index (χ4n) is 2.30. The summed E-state index contributed by atoms with van der Waals surface area (Å²) in [6, 6.07) is 3.88. The number of hydrogen-bond donors (Lipinski definition) is 1. The number of aliphatic imine (C=N–C) groups is 1. The van der Waals surface area contributed by atoms with Crippen molar-refractivity contribution in [1.29, 1.82) is 0 Å². The smallest absolute Gasteiger partial charge is 0.203 e.